The normalized spacial score (nSPS) is 15.5. The highest BCUT2D eigenvalue weighted by molar-refractivity contribution is 9.10. The van der Waals surface area contributed by atoms with E-state index in [1.807, 2.05) is 23.1 Å². The predicted octanol–water partition coefficient (Wildman–Crippen LogP) is 4.56. The molecule has 0 spiro atoms. The molecule has 1 amide bonds. The number of nitrogens with zero attached hydrogens (tertiary/aromatic N) is 1. The van der Waals surface area contributed by atoms with E-state index in [9.17, 15) is 4.79 Å². The quantitative estimate of drug-likeness (QED) is 0.727. The summed E-state index contributed by atoms with van der Waals surface area (Å²) in [5.74, 6) is 1.13. The Morgan fingerprint density at radius 2 is 2.14 bits per heavy atom. The van der Waals surface area contributed by atoms with Gasteiger partial charge in [0.1, 0.15) is 5.75 Å². The second-order valence-corrected chi connectivity index (χ2v) is 6.24. The molecule has 0 unspecified atom stereocenters. The zero-order valence-electron chi connectivity index (χ0n) is 12.5. The van der Waals surface area contributed by atoms with Gasteiger partial charge < -0.3 is 9.64 Å². The molecule has 1 aromatic carbocycles. The molecule has 0 radical (unpaired) electrons. The summed E-state index contributed by atoms with van der Waals surface area (Å²) in [7, 11) is 1.64. The summed E-state index contributed by atoms with van der Waals surface area (Å²) in [5.41, 5.74) is 0.881. The number of anilines is 1. The maximum atomic E-state index is 12.8. The Morgan fingerprint density at radius 3 is 2.71 bits per heavy atom. The Bertz CT molecular complexity index is 510. The van der Waals surface area contributed by atoms with Crippen molar-refractivity contribution in [2.24, 2.45) is 5.92 Å². The lowest BCUT2D eigenvalue weighted by Crippen LogP contribution is -2.37. The number of methoxy groups -OCH3 is 1. The van der Waals surface area contributed by atoms with Crippen LogP contribution in [0.4, 0.5) is 5.69 Å². The first-order chi connectivity index (χ1) is 10.2. The summed E-state index contributed by atoms with van der Waals surface area (Å²) < 4.78 is 6.08. The van der Waals surface area contributed by atoms with Gasteiger partial charge in [-0.3, -0.25) is 4.79 Å². The molecular weight excluding hydrogens is 330 g/mol. The van der Waals surface area contributed by atoms with Crippen molar-refractivity contribution >= 4 is 27.5 Å². The molecule has 1 fully saturated rings. The maximum Gasteiger partial charge on any atom is 0.230 e. The lowest BCUT2D eigenvalue weighted by molar-refractivity contribution is -0.123. The molecule has 0 aromatic heterocycles. The van der Waals surface area contributed by atoms with Crippen LogP contribution < -0.4 is 9.64 Å². The number of halogens is 1. The Kier molecular flexibility index (Phi) is 5.85. The minimum Gasteiger partial charge on any atom is -0.497 e. The van der Waals surface area contributed by atoms with E-state index in [-0.39, 0.29) is 11.8 Å². The Balaban J connectivity index is 2.25. The SMILES string of the molecule is C=CCN(C(=O)C1CCCCC1)c1ccc(OC)cc1Br. The molecule has 0 N–H and O–H groups in total. The molecule has 21 heavy (non-hydrogen) atoms. The first kappa shape index (κ1) is 16.1. The third-order valence-corrected chi connectivity index (χ3v) is 4.61. The fraction of sp³-hybridized carbons (Fsp3) is 0.471. The van der Waals surface area contributed by atoms with E-state index < -0.39 is 0 Å². The van der Waals surface area contributed by atoms with Gasteiger partial charge in [-0.25, -0.2) is 0 Å². The second kappa shape index (κ2) is 7.64. The van der Waals surface area contributed by atoms with Crippen LogP contribution in [0.1, 0.15) is 32.1 Å². The summed E-state index contributed by atoms with van der Waals surface area (Å²) in [6.07, 6.45) is 7.33. The predicted molar refractivity (Wildman–Crippen MR) is 89.8 cm³/mol. The molecule has 0 bridgehead atoms. The molecule has 0 saturated heterocycles. The van der Waals surface area contributed by atoms with Gasteiger partial charge in [0.15, 0.2) is 0 Å². The summed E-state index contributed by atoms with van der Waals surface area (Å²) in [4.78, 5) is 14.6. The molecule has 1 aliphatic carbocycles. The number of hydrogen-bond acceptors (Lipinski definition) is 2. The number of benzene rings is 1. The van der Waals surface area contributed by atoms with Gasteiger partial charge in [0.05, 0.1) is 12.8 Å². The van der Waals surface area contributed by atoms with Crippen molar-refractivity contribution in [1.29, 1.82) is 0 Å². The topological polar surface area (TPSA) is 29.5 Å². The third kappa shape index (κ3) is 3.88. The first-order valence-electron chi connectivity index (χ1n) is 7.43. The Hall–Kier alpha value is -1.29. The van der Waals surface area contributed by atoms with Crippen molar-refractivity contribution in [3.05, 3.63) is 35.3 Å². The Labute approximate surface area is 135 Å². The smallest absolute Gasteiger partial charge is 0.230 e. The molecule has 114 valence electrons. The molecule has 1 aliphatic rings. The molecule has 4 heteroatoms. The zero-order valence-corrected chi connectivity index (χ0v) is 14.1. The van der Waals surface area contributed by atoms with Gasteiger partial charge in [0.25, 0.3) is 0 Å². The van der Waals surface area contributed by atoms with Crippen LogP contribution in [-0.4, -0.2) is 19.6 Å². The van der Waals surface area contributed by atoms with Crippen molar-refractivity contribution in [3.63, 3.8) is 0 Å². The summed E-state index contributed by atoms with van der Waals surface area (Å²) >= 11 is 3.54. The van der Waals surface area contributed by atoms with Crippen LogP contribution in [-0.2, 0) is 4.79 Å². The highest BCUT2D eigenvalue weighted by Gasteiger charge is 2.27. The van der Waals surface area contributed by atoms with Crippen molar-refractivity contribution in [3.8, 4) is 5.75 Å². The van der Waals surface area contributed by atoms with Crippen LogP contribution >= 0.6 is 15.9 Å². The highest BCUT2D eigenvalue weighted by atomic mass is 79.9. The molecule has 1 saturated carbocycles. The molecular formula is C17H22BrNO2. The van der Waals surface area contributed by atoms with Gasteiger partial charge in [-0.1, -0.05) is 25.3 Å². The highest BCUT2D eigenvalue weighted by Crippen LogP contribution is 2.33. The average molecular weight is 352 g/mol. The summed E-state index contributed by atoms with van der Waals surface area (Å²) in [6.45, 7) is 4.31. The van der Waals surface area contributed by atoms with E-state index in [1.165, 1.54) is 6.42 Å². The van der Waals surface area contributed by atoms with Gasteiger partial charge in [-0.2, -0.15) is 0 Å². The fourth-order valence-corrected chi connectivity index (χ4v) is 3.41. The molecule has 0 atom stereocenters. The summed E-state index contributed by atoms with van der Waals surface area (Å²) in [6, 6.07) is 5.69. The van der Waals surface area contributed by atoms with Crippen LogP contribution in [0, 0.1) is 5.92 Å². The molecule has 2 rings (SSSR count). The minimum absolute atomic E-state index is 0.146. The van der Waals surface area contributed by atoms with Crippen LogP contribution in [0.5, 0.6) is 5.75 Å². The Morgan fingerprint density at radius 1 is 1.43 bits per heavy atom. The monoisotopic (exact) mass is 351 g/mol. The van der Waals surface area contributed by atoms with Crippen molar-refractivity contribution in [2.45, 2.75) is 32.1 Å². The van der Waals surface area contributed by atoms with E-state index in [4.69, 9.17) is 4.74 Å². The molecule has 0 aliphatic heterocycles. The van der Waals surface area contributed by atoms with E-state index in [0.717, 1.165) is 41.6 Å². The van der Waals surface area contributed by atoms with E-state index in [0.29, 0.717) is 6.54 Å². The van der Waals surface area contributed by atoms with Gasteiger partial charge in [-0.15, -0.1) is 6.58 Å². The van der Waals surface area contributed by atoms with Crippen LogP contribution in [0.3, 0.4) is 0 Å². The number of ether oxygens (including phenoxy) is 1. The largest absolute Gasteiger partial charge is 0.497 e. The maximum absolute atomic E-state index is 12.8. The van der Waals surface area contributed by atoms with Crippen LogP contribution in [0.25, 0.3) is 0 Å². The number of rotatable bonds is 5. The van der Waals surface area contributed by atoms with E-state index in [1.54, 1.807) is 13.2 Å². The van der Waals surface area contributed by atoms with Gasteiger partial charge in [0, 0.05) is 16.9 Å². The average Bonchev–Trinajstić information content (AvgIpc) is 2.53. The van der Waals surface area contributed by atoms with Gasteiger partial charge in [0.2, 0.25) is 5.91 Å². The zero-order chi connectivity index (χ0) is 15.2. The van der Waals surface area contributed by atoms with Crippen LogP contribution in [0.2, 0.25) is 0 Å². The molecule has 3 nitrogen and oxygen atoms in total. The lowest BCUT2D eigenvalue weighted by atomic mass is 9.88. The molecule has 1 aromatic rings. The van der Waals surface area contributed by atoms with Crippen LogP contribution in [0.15, 0.2) is 35.3 Å². The van der Waals surface area contributed by atoms with Crippen molar-refractivity contribution < 1.29 is 9.53 Å². The second-order valence-electron chi connectivity index (χ2n) is 5.39. The summed E-state index contributed by atoms with van der Waals surface area (Å²) in [5, 5.41) is 0. The number of carbonyl (C=O) groups excluding carboxylic acids is 1. The van der Waals surface area contributed by atoms with Gasteiger partial charge >= 0.3 is 0 Å². The minimum atomic E-state index is 0.146. The lowest BCUT2D eigenvalue weighted by Gasteiger charge is -2.29. The molecule has 0 heterocycles. The van der Waals surface area contributed by atoms with Crippen molar-refractivity contribution in [2.75, 3.05) is 18.6 Å². The number of carbonyl (C=O) groups is 1. The van der Waals surface area contributed by atoms with E-state index >= 15 is 0 Å². The third-order valence-electron chi connectivity index (χ3n) is 3.98. The van der Waals surface area contributed by atoms with E-state index in [2.05, 4.69) is 22.5 Å². The first-order valence-corrected chi connectivity index (χ1v) is 8.22. The van der Waals surface area contributed by atoms with Crippen molar-refractivity contribution in [1.82, 2.24) is 0 Å². The number of hydrogen-bond donors (Lipinski definition) is 0. The van der Waals surface area contributed by atoms with Gasteiger partial charge in [-0.05, 0) is 47.0 Å². The number of amides is 1. The fourth-order valence-electron chi connectivity index (χ4n) is 2.84. The standard InChI is InChI=1S/C17H22BrNO2/c1-3-11-19(17(20)13-7-5-4-6-8-13)16-10-9-14(21-2)12-15(16)18/h3,9-10,12-13H,1,4-8,11H2,2H3.